The van der Waals surface area contributed by atoms with Crippen molar-refractivity contribution in [1.82, 2.24) is 0 Å². The summed E-state index contributed by atoms with van der Waals surface area (Å²) in [5.41, 5.74) is 0.651. The van der Waals surface area contributed by atoms with Crippen LogP contribution in [0, 0.1) is 0 Å². The molecule has 0 amide bonds. The third-order valence-corrected chi connectivity index (χ3v) is 6.00. The van der Waals surface area contributed by atoms with Gasteiger partial charge in [-0.3, -0.25) is 0 Å². The summed E-state index contributed by atoms with van der Waals surface area (Å²) in [6.07, 6.45) is 3.78. The van der Waals surface area contributed by atoms with Gasteiger partial charge in [0.1, 0.15) is 0 Å². The first-order valence-electron chi connectivity index (χ1n) is 6.34. The summed E-state index contributed by atoms with van der Waals surface area (Å²) < 4.78 is 5.15. The van der Waals surface area contributed by atoms with Crippen LogP contribution in [0.25, 0.3) is 0 Å². The zero-order valence-corrected chi connectivity index (χ0v) is 13.0. The standard InChI is InChI=1S/C16H16O3Se/c1-3-11-19-15(18)16(10-9-12(2)14(16)17)20-13-7-5-4-6-8-13/h3-9H,1,10-11H2,2H3. The Bertz CT molecular complexity index is 562. The molecule has 20 heavy (non-hydrogen) atoms. The van der Waals surface area contributed by atoms with Crippen LogP contribution in [0.1, 0.15) is 13.3 Å². The molecular weight excluding hydrogens is 319 g/mol. The van der Waals surface area contributed by atoms with Crippen LogP contribution in [-0.4, -0.2) is 33.3 Å². The number of ketones is 1. The summed E-state index contributed by atoms with van der Waals surface area (Å²) in [5.74, 6) is -0.533. The topological polar surface area (TPSA) is 43.4 Å². The normalized spacial score (nSPS) is 21.4. The summed E-state index contributed by atoms with van der Waals surface area (Å²) >= 11 is -0.294. The average molecular weight is 335 g/mol. The number of esters is 1. The fourth-order valence-electron chi connectivity index (χ4n) is 2.05. The predicted molar refractivity (Wildman–Crippen MR) is 79.1 cm³/mol. The molecule has 1 aromatic carbocycles. The minimum absolute atomic E-state index is 0.101. The molecule has 0 aliphatic heterocycles. The molecule has 1 unspecified atom stereocenters. The number of carbonyl (C=O) groups excluding carboxylic acids is 2. The van der Waals surface area contributed by atoms with Crippen LogP contribution in [0.3, 0.4) is 0 Å². The van der Waals surface area contributed by atoms with Gasteiger partial charge >= 0.3 is 124 Å². The molecule has 0 saturated heterocycles. The Morgan fingerprint density at radius 3 is 2.70 bits per heavy atom. The molecular formula is C16H16O3Se. The van der Waals surface area contributed by atoms with E-state index < -0.39 is 10.3 Å². The molecule has 0 spiro atoms. The van der Waals surface area contributed by atoms with Gasteiger partial charge in [0, 0.05) is 0 Å². The minimum atomic E-state index is -1.04. The zero-order chi connectivity index (χ0) is 14.6. The number of benzene rings is 1. The predicted octanol–water partition coefficient (Wildman–Crippen LogP) is 1.82. The number of hydrogen-bond donors (Lipinski definition) is 0. The van der Waals surface area contributed by atoms with Crippen LogP contribution in [0.2, 0.25) is 4.31 Å². The third kappa shape index (κ3) is 2.77. The van der Waals surface area contributed by atoms with E-state index in [0.717, 1.165) is 4.46 Å². The molecule has 104 valence electrons. The van der Waals surface area contributed by atoms with Crippen molar-refractivity contribution >= 4 is 31.2 Å². The van der Waals surface area contributed by atoms with Gasteiger partial charge in [0.05, 0.1) is 0 Å². The van der Waals surface area contributed by atoms with E-state index >= 15 is 0 Å². The van der Waals surface area contributed by atoms with E-state index in [2.05, 4.69) is 6.58 Å². The molecule has 1 aliphatic rings. The summed E-state index contributed by atoms with van der Waals surface area (Å²) in [5, 5.41) is 0. The molecule has 1 aliphatic carbocycles. The monoisotopic (exact) mass is 336 g/mol. The van der Waals surface area contributed by atoms with Crippen LogP contribution in [-0.2, 0) is 14.3 Å². The maximum atomic E-state index is 12.5. The fourth-order valence-corrected chi connectivity index (χ4v) is 4.69. The molecule has 1 aromatic rings. The van der Waals surface area contributed by atoms with Crippen LogP contribution >= 0.6 is 0 Å². The summed E-state index contributed by atoms with van der Waals surface area (Å²) in [7, 11) is 0. The van der Waals surface area contributed by atoms with Crippen LogP contribution in [0.15, 0.2) is 54.6 Å². The number of carbonyl (C=O) groups is 2. The van der Waals surface area contributed by atoms with Gasteiger partial charge in [0.2, 0.25) is 0 Å². The number of rotatable bonds is 5. The zero-order valence-electron chi connectivity index (χ0n) is 11.3. The molecule has 0 radical (unpaired) electrons. The summed E-state index contributed by atoms with van der Waals surface area (Å²) in [6.45, 7) is 5.42. The van der Waals surface area contributed by atoms with Gasteiger partial charge in [-0.2, -0.15) is 0 Å². The molecule has 2 rings (SSSR count). The quantitative estimate of drug-likeness (QED) is 0.357. The van der Waals surface area contributed by atoms with Crippen molar-refractivity contribution in [2.45, 2.75) is 17.7 Å². The molecule has 3 nitrogen and oxygen atoms in total. The van der Waals surface area contributed by atoms with Crippen molar-refractivity contribution in [3.8, 4) is 0 Å². The van der Waals surface area contributed by atoms with E-state index in [1.165, 1.54) is 6.08 Å². The van der Waals surface area contributed by atoms with Gasteiger partial charge in [0.15, 0.2) is 0 Å². The Morgan fingerprint density at radius 1 is 1.45 bits per heavy atom. The maximum absolute atomic E-state index is 12.5. The first-order valence-corrected chi connectivity index (χ1v) is 8.05. The number of ether oxygens (including phenoxy) is 1. The Morgan fingerprint density at radius 2 is 2.15 bits per heavy atom. The van der Waals surface area contributed by atoms with E-state index in [4.69, 9.17) is 4.74 Å². The van der Waals surface area contributed by atoms with Crippen molar-refractivity contribution < 1.29 is 14.3 Å². The molecule has 0 aromatic heterocycles. The first kappa shape index (κ1) is 14.8. The van der Waals surface area contributed by atoms with Gasteiger partial charge in [-0.1, -0.05) is 0 Å². The van der Waals surface area contributed by atoms with Gasteiger partial charge in [0.25, 0.3) is 0 Å². The third-order valence-electron chi connectivity index (χ3n) is 3.12. The second-order valence-corrected chi connectivity index (χ2v) is 7.43. The van der Waals surface area contributed by atoms with E-state index in [0.29, 0.717) is 12.0 Å². The van der Waals surface area contributed by atoms with Crippen LogP contribution in [0.4, 0.5) is 0 Å². The van der Waals surface area contributed by atoms with E-state index in [1.54, 1.807) is 6.92 Å². The molecule has 0 saturated carbocycles. The Balaban J connectivity index is 2.28. The van der Waals surface area contributed by atoms with Crippen molar-refractivity contribution in [2.24, 2.45) is 0 Å². The molecule has 4 heteroatoms. The molecule has 0 fully saturated rings. The number of Topliss-reactive ketones (excluding diaryl/α,β-unsaturated/α-hetero) is 1. The number of allylic oxidation sites excluding steroid dienone is 2. The second kappa shape index (κ2) is 6.21. The van der Waals surface area contributed by atoms with Crippen molar-refractivity contribution in [2.75, 3.05) is 6.61 Å². The number of hydrogen-bond acceptors (Lipinski definition) is 3. The first-order chi connectivity index (χ1) is 9.60. The fraction of sp³-hybridized carbons (Fsp3) is 0.250. The van der Waals surface area contributed by atoms with Crippen molar-refractivity contribution in [3.63, 3.8) is 0 Å². The average Bonchev–Trinajstić information content (AvgIpc) is 2.75. The Hall–Kier alpha value is -1.64. The van der Waals surface area contributed by atoms with Gasteiger partial charge in [-0.15, -0.1) is 0 Å². The van der Waals surface area contributed by atoms with Crippen LogP contribution < -0.4 is 4.46 Å². The molecule has 0 N–H and O–H groups in total. The summed E-state index contributed by atoms with van der Waals surface area (Å²) in [4.78, 5) is 24.8. The Kier molecular flexibility index (Phi) is 4.58. The van der Waals surface area contributed by atoms with E-state index in [1.807, 2.05) is 36.4 Å². The van der Waals surface area contributed by atoms with E-state index in [9.17, 15) is 9.59 Å². The SMILES string of the molecule is C=CCOC(=O)C1([Se]c2ccccc2)CC=C(C)C1=O. The van der Waals surface area contributed by atoms with Crippen molar-refractivity contribution in [1.29, 1.82) is 0 Å². The molecule has 0 bridgehead atoms. The van der Waals surface area contributed by atoms with Gasteiger partial charge in [-0.25, -0.2) is 0 Å². The molecule has 0 heterocycles. The van der Waals surface area contributed by atoms with Gasteiger partial charge in [-0.05, 0) is 0 Å². The summed E-state index contributed by atoms with van der Waals surface area (Å²) in [6, 6.07) is 9.65. The van der Waals surface area contributed by atoms with Crippen molar-refractivity contribution in [3.05, 3.63) is 54.6 Å². The second-order valence-electron chi connectivity index (χ2n) is 4.55. The van der Waals surface area contributed by atoms with E-state index in [-0.39, 0.29) is 27.3 Å². The van der Waals surface area contributed by atoms with Crippen LogP contribution in [0.5, 0.6) is 0 Å². The Labute approximate surface area is 124 Å². The van der Waals surface area contributed by atoms with Gasteiger partial charge < -0.3 is 0 Å². The molecule has 1 atom stereocenters.